The Kier molecular flexibility index (Phi) is 4.02. The molecule has 1 heterocycles. The number of para-hydroxylation sites is 2. The highest BCUT2D eigenvalue weighted by Crippen LogP contribution is 2.14. The topological polar surface area (TPSA) is 25.0 Å². The lowest BCUT2D eigenvalue weighted by Gasteiger charge is -2.00. The van der Waals surface area contributed by atoms with E-state index < -0.39 is 0 Å². The minimum Gasteiger partial charge on any atom is -0.496 e. The summed E-state index contributed by atoms with van der Waals surface area (Å²) in [6, 6.07) is 18.2. The minimum absolute atomic E-state index is 0.956. The van der Waals surface area contributed by atoms with Crippen LogP contribution in [-0.4, -0.2) is 12.1 Å². The molecule has 0 bridgehead atoms. The number of nitrogens with one attached hydrogen (secondary N) is 1. The van der Waals surface area contributed by atoms with Gasteiger partial charge >= 0.3 is 0 Å². The first-order valence-corrected chi connectivity index (χ1v) is 5.93. The van der Waals surface area contributed by atoms with E-state index in [9.17, 15) is 0 Å². The van der Waals surface area contributed by atoms with Gasteiger partial charge in [-0.3, -0.25) is 0 Å². The number of rotatable bonds is 1. The van der Waals surface area contributed by atoms with Crippen molar-refractivity contribution >= 4 is 10.9 Å². The summed E-state index contributed by atoms with van der Waals surface area (Å²) in [5.74, 6) is 0.956. The molecule has 1 aromatic heterocycles. The molecule has 92 valence electrons. The van der Waals surface area contributed by atoms with Gasteiger partial charge in [0, 0.05) is 11.7 Å². The van der Waals surface area contributed by atoms with E-state index in [4.69, 9.17) is 4.74 Å². The van der Waals surface area contributed by atoms with Gasteiger partial charge in [-0.2, -0.15) is 0 Å². The zero-order chi connectivity index (χ0) is 12.8. The predicted molar refractivity (Wildman–Crippen MR) is 76.0 cm³/mol. The van der Waals surface area contributed by atoms with Crippen LogP contribution in [0.2, 0.25) is 0 Å². The maximum Gasteiger partial charge on any atom is 0.121 e. The predicted octanol–water partition coefficient (Wildman–Crippen LogP) is 4.17. The Morgan fingerprint density at radius 2 is 1.61 bits per heavy atom. The minimum atomic E-state index is 0.956. The second-order valence-electron chi connectivity index (χ2n) is 4.03. The fraction of sp³-hybridized carbons (Fsp3) is 0.125. The number of H-pyrrole nitrogens is 1. The van der Waals surface area contributed by atoms with Gasteiger partial charge in [-0.05, 0) is 36.1 Å². The molecule has 0 saturated heterocycles. The van der Waals surface area contributed by atoms with Gasteiger partial charge in [-0.1, -0.05) is 36.4 Å². The molecular weight excluding hydrogens is 222 g/mol. The number of hydrogen-bond donors (Lipinski definition) is 1. The molecule has 18 heavy (non-hydrogen) atoms. The molecule has 2 nitrogen and oxygen atoms in total. The highest BCUT2D eigenvalue weighted by atomic mass is 16.5. The molecule has 0 unspecified atom stereocenters. The molecule has 0 atom stereocenters. The fourth-order valence-corrected chi connectivity index (χ4v) is 1.78. The Balaban J connectivity index is 0.000000134. The molecule has 3 aromatic rings. The molecule has 0 amide bonds. The molecular formula is C16H17NO. The molecule has 3 rings (SSSR count). The Labute approximate surface area is 107 Å². The first kappa shape index (κ1) is 12.2. The van der Waals surface area contributed by atoms with E-state index in [1.54, 1.807) is 7.11 Å². The van der Waals surface area contributed by atoms with Crippen LogP contribution in [0.5, 0.6) is 5.75 Å². The summed E-state index contributed by atoms with van der Waals surface area (Å²) < 4.78 is 5.04. The third-order valence-electron chi connectivity index (χ3n) is 2.78. The smallest absolute Gasteiger partial charge is 0.121 e. The van der Waals surface area contributed by atoms with Gasteiger partial charge in [0.2, 0.25) is 0 Å². The van der Waals surface area contributed by atoms with Gasteiger partial charge < -0.3 is 9.72 Å². The Bertz CT molecular complexity index is 583. The number of fused-ring (bicyclic) bond motifs is 1. The average molecular weight is 239 g/mol. The Morgan fingerprint density at radius 1 is 0.889 bits per heavy atom. The standard InChI is InChI=1S/C8H7N.C8H10O/c1-2-4-8-7(3-1)5-6-9-8;1-7-5-3-4-6-8(7)9-2/h1-6,9H;3-6H,1-2H3. The van der Waals surface area contributed by atoms with Gasteiger partial charge in [-0.15, -0.1) is 0 Å². The van der Waals surface area contributed by atoms with Crippen LogP contribution in [0, 0.1) is 6.92 Å². The van der Waals surface area contributed by atoms with E-state index in [0.717, 1.165) is 5.75 Å². The van der Waals surface area contributed by atoms with Crippen LogP contribution < -0.4 is 4.74 Å². The molecule has 0 aliphatic rings. The van der Waals surface area contributed by atoms with Crippen molar-refractivity contribution in [3.8, 4) is 5.75 Å². The zero-order valence-corrected chi connectivity index (χ0v) is 10.7. The van der Waals surface area contributed by atoms with Gasteiger partial charge in [-0.25, -0.2) is 0 Å². The van der Waals surface area contributed by atoms with E-state index >= 15 is 0 Å². The van der Waals surface area contributed by atoms with Crippen molar-refractivity contribution in [1.29, 1.82) is 0 Å². The number of hydrogen-bond acceptors (Lipinski definition) is 1. The number of aromatic amines is 1. The van der Waals surface area contributed by atoms with Gasteiger partial charge in [0.15, 0.2) is 0 Å². The Hall–Kier alpha value is -2.22. The molecule has 0 fully saturated rings. The van der Waals surface area contributed by atoms with Gasteiger partial charge in [0.25, 0.3) is 0 Å². The van der Waals surface area contributed by atoms with Crippen LogP contribution in [0.15, 0.2) is 60.8 Å². The molecule has 0 saturated carbocycles. The SMILES string of the molecule is COc1ccccc1C.c1ccc2[nH]ccc2c1. The molecule has 0 aliphatic carbocycles. The molecule has 1 N–H and O–H groups in total. The molecule has 0 aliphatic heterocycles. The van der Waals surface area contributed by atoms with Crippen LogP contribution in [0.3, 0.4) is 0 Å². The highest BCUT2D eigenvalue weighted by Gasteiger charge is 1.90. The van der Waals surface area contributed by atoms with Crippen molar-refractivity contribution in [3.63, 3.8) is 0 Å². The number of methoxy groups -OCH3 is 1. The lowest BCUT2D eigenvalue weighted by atomic mass is 10.2. The van der Waals surface area contributed by atoms with Crippen molar-refractivity contribution in [2.75, 3.05) is 7.11 Å². The van der Waals surface area contributed by atoms with Gasteiger partial charge in [0.05, 0.1) is 7.11 Å². The molecule has 0 radical (unpaired) electrons. The van der Waals surface area contributed by atoms with Crippen molar-refractivity contribution in [2.45, 2.75) is 6.92 Å². The number of benzene rings is 2. The highest BCUT2D eigenvalue weighted by molar-refractivity contribution is 5.78. The first-order valence-electron chi connectivity index (χ1n) is 5.93. The molecule has 2 heteroatoms. The van der Waals surface area contributed by atoms with Crippen LogP contribution in [0.25, 0.3) is 10.9 Å². The van der Waals surface area contributed by atoms with Gasteiger partial charge in [0.1, 0.15) is 5.75 Å². The number of ether oxygens (including phenoxy) is 1. The summed E-state index contributed by atoms with van der Waals surface area (Å²) in [7, 11) is 1.68. The summed E-state index contributed by atoms with van der Waals surface area (Å²) in [5, 5.41) is 1.28. The van der Waals surface area contributed by atoms with E-state index in [2.05, 4.69) is 23.2 Å². The zero-order valence-electron chi connectivity index (χ0n) is 10.7. The molecule has 2 aromatic carbocycles. The van der Waals surface area contributed by atoms with E-state index in [0.29, 0.717) is 0 Å². The van der Waals surface area contributed by atoms with Crippen LogP contribution in [-0.2, 0) is 0 Å². The fourth-order valence-electron chi connectivity index (χ4n) is 1.78. The van der Waals surface area contributed by atoms with E-state index in [-0.39, 0.29) is 0 Å². The summed E-state index contributed by atoms with van der Waals surface area (Å²) in [4.78, 5) is 3.12. The van der Waals surface area contributed by atoms with Crippen LogP contribution >= 0.6 is 0 Å². The van der Waals surface area contributed by atoms with Crippen molar-refractivity contribution in [2.24, 2.45) is 0 Å². The molecule has 0 spiro atoms. The van der Waals surface area contributed by atoms with Crippen LogP contribution in [0.4, 0.5) is 0 Å². The van der Waals surface area contributed by atoms with Crippen molar-refractivity contribution < 1.29 is 4.74 Å². The third kappa shape index (κ3) is 2.92. The maximum atomic E-state index is 5.04. The summed E-state index contributed by atoms with van der Waals surface area (Å²) >= 11 is 0. The summed E-state index contributed by atoms with van der Waals surface area (Å²) in [6.07, 6.45) is 1.95. The average Bonchev–Trinajstić information content (AvgIpc) is 2.88. The second kappa shape index (κ2) is 5.92. The monoisotopic (exact) mass is 239 g/mol. The number of aromatic nitrogens is 1. The first-order chi connectivity index (χ1) is 8.81. The normalized spacial score (nSPS) is 9.67. The second-order valence-corrected chi connectivity index (χ2v) is 4.03. The lowest BCUT2D eigenvalue weighted by molar-refractivity contribution is 0.411. The third-order valence-corrected chi connectivity index (χ3v) is 2.78. The van der Waals surface area contributed by atoms with Crippen molar-refractivity contribution in [1.82, 2.24) is 4.98 Å². The summed E-state index contributed by atoms with van der Waals surface area (Å²) in [6.45, 7) is 2.03. The Morgan fingerprint density at radius 3 is 2.28 bits per heavy atom. The van der Waals surface area contributed by atoms with E-state index in [1.807, 2.05) is 49.5 Å². The largest absolute Gasteiger partial charge is 0.496 e. The number of aryl methyl sites for hydroxylation is 1. The lowest BCUT2D eigenvalue weighted by Crippen LogP contribution is -1.84. The quantitative estimate of drug-likeness (QED) is 0.677. The maximum absolute atomic E-state index is 5.04. The summed E-state index contributed by atoms with van der Waals surface area (Å²) in [5.41, 5.74) is 2.39. The van der Waals surface area contributed by atoms with Crippen LogP contribution in [0.1, 0.15) is 5.56 Å². The van der Waals surface area contributed by atoms with E-state index in [1.165, 1.54) is 16.5 Å². The van der Waals surface area contributed by atoms with Crippen molar-refractivity contribution in [3.05, 3.63) is 66.4 Å².